The molecule has 0 spiro atoms. The van der Waals surface area contributed by atoms with E-state index in [4.69, 9.17) is 5.73 Å². The molecule has 1 aliphatic rings. The molecule has 1 amide bonds. The molecule has 1 saturated heterocycles. The van der Waals surface area contributed by atoms with E-state index >= 15 is 0 Å². The van der Waals surface area contributed by atoms with Crippen LogP contribution >= 0.6 is 11.5 Å². The second-order valence-electron chi connectivity index (χ2n) is 6.83. The van der Waals surface area contributed by atoms with Gasteiger partial charge >= 0.3 is 0 Å². The summed E-state index contributed by atoms with van der Waals surface area (Å²) in [5.74, 6) is -1.94. The van der Waals surface area contributed by atoms with Gasteiger partial charge in [-0.25, -0.2) is 13.8 Å². The fourth-order valence-corrected chi connectivity index (χ4v) is 4.04. The summed E-state index contributed by atoms with van der Waals surface area (Å²) in [5.41, 5.74) is 6.40. The Labute approximate surface area is 170 Å². The number of hydrogen-bond donors (Lipinski definition) is 2. The van der Waals surface area contributed by atoms with Crippen LogP contribution < -0.4 is 16.0 Å². The monoisotopic (exact) mass is 415 g/mol. The number of hydrogen-bond acceptors (Lipinski definition) is 6. The standard InChI is InChI=1S/C20H19F2N5OS/c21-13-3-1-4-14(22)18(13)15-5-2-6-16(25-15)19(28)26-17-11-24-29-20(17)27-9-7-12(23)8-10-27/h1-6,11-12H,7-10,23H2,(H,26,28). The van der Waals surface area contributed by atoms with Crippen molar-refractivity contribution in [3.05, 3.63) is 59.9 Å². The average molecular weight is 415 g/mol. The van der Waals surface area contributed by atoms with Crippen molar-refractivity contribution in [1.82, 2.24) is 9.36 Å². The van der Waals surface area contributed by atoms with Gasteiger partial charge in [-0.05, 0) is 48.6 Å². The lowest BCUT2D eigenvalue weighted by molar-refractivity contribution is 0.102. The number of carbonyl (C=O) groups is 1. The van der Waals surface area contributed by atoms with Crippen LogP contribution in [-0.4, -0.2) is 34.4 Å². The zero-order chi connectivity index (χ0) is 20.4. The van der Waals surface area contributed by atoms with E-state index in [0.29, 0.717) is 5.69 Å². The lowest BCUT2D eigenvalue weighted by Gasteiger charge is -2.31. The van der Waals surface area contributed by atoms with Gasteiger partial charge in [0.05, 0.1) is 23.1 Å². The molecule has 1 aliphatic heterocycles. The Balaban J connectivity index is 1.56. The number of nitrogens with zero attached hydrogens (tertiary/aromatic N) is 3. The number of anilines is 2. The molecule has 150 valence electrons. The summed E-state index contributed by atoms with van der Waals surface area (Å²) in [6, 6.07) is 8.29. The predicted molar refractivity (Wildman–Crippen MR) is 109 cm³/mol. The van der Waals surface area contributed by atoms with E-state index < -0.39 is 17.5 Å². The van der Waals surface area contributed by atoms with Crippen molar-refractivity contribution < 1.29 is 13.6 Å². The third-order valence-electron chi connectivity index (χ3n) is 4.83. The van der Waals surface area contributed by atoms with Gasteiger partial charge < -0.3 is 16.0 Å². The molecule has 3 N–H and O–H groups in total. The topological polar surface area (TPSA) is 84.1 Å². The smallest absolute Gasteiger partial charge is 0.274 e. The Hall–Kier alpha value is -2.91. The summed E-state index contributed by atoms with van der Waals surface area (Å²) in [7, 11) is 0. The van der Waals surface area contributed by atoms with E-state index in [9.17, 15) is 13.6 Å². The Morgan fingerprint density at radius 2 is 1.83 bits per heavy atom. The number of carbonyl (C=O) groups excluding carboxylic acids is 1. The van der Waals surface area contributed by atoms with Crippen LogP contribution in [0, 0.1) is 11.6 Å². The first-order chi connectivity index (χ1) is 14.0. The summed E-state index contributed by atoms with van der Waals surface area (Å²) in [6.07, 6.45) is 3.35. The first-order valence-corrected chi connectivity index (χ1v) is 9.98. The van der Waals surface area contributed by atoms with Crippen molar-refractivity contribution in [2.75, 3.05) is 23.3 Å². The fraction of sp³-hybridized carbons (Fsp3) is 0.250. The van der Waals surface area contributed by atoms with Gasteiger partial charge in [-0.2, -0.15) is 4.37 Å². The second kappa shape index (κ2) is 8.22. The van der Waals surface area contributed by atoms with Gasteiger partial charge in [0.25, 0.3) is 5.91 Å². The van der Waals surface area contributed by atoms with Crippen LogP contribution in [0.4, 0.5) is 19.5 Å². The van der Waals surface area contributed by atoms with E-state index in [1.807, 2.05) is 0 Å². The van der Waals surface area contributed by atoms with Crippen LogP contribution in [0.5, 0.6) is 0 Å². The number of nitrogens with one attached hydrogen (secondary N) is 1. The first-order valence-electron chi connectivity index (χ1n) is 9.21. The molecular formula is C20H19F2N5OS. The van der Waals surface area contributed by atoms with Gasteiger partial charge in [0.15, 0.2) is 0 Å². The Kier molecular flexibility index (Phi) is 5.50. The SMILES string of the molecule is NC1CCN(c2sncc2NC(=O)c2cccc(-c3c(F)cccc3F)n2)CC1. The molecule has 3 heterocycles. The van der Waals surface area contributed by atoms with Gasteiger partial charge in [0.2, 0.25) is 0 Å². The van der Waals surface area contributed by atoms with Crippen LogP contribution in [0.25, 0.3) is 11.3 Å². The van der Waals surface area contributed by atoms with E-state index in [-0.39, 0.29) is 23.0 Å². The maximum Gasteiger partial charge on any atom is 0.274 e. The average Bonchev–Trinajstić information content (AvgIpc) is 3.17. The summed E-state index contributed by atoms with van der Waals surface area (Å²) in [6.45, 7) is 1.60. The molecule has 0 atom stereocenters. The minimum Gasteiger partial charge on any atom is -0.360 e. The summed E-state index contributed by atoms with van der Waals surface area (Å²) in [5, 5.41) is 3.67. The zero-order valence-electron chi connectivity index (χ0n) is 15.4. The van der Waals surface area contributed by atoms with E-state index in [1.165, 1.54) is 29.7 Å². The van der Waals surface area contributed by atoms with Crippen LogP contribution in [0.2, 0.25) is 0 Å². The van der Waals surface area contributed by atoms with Crippen molar-refractivity contribution in [2.24, 2.45) is 5.73 Å². The highest BCUT2D eigenvalue weighted by molar-refractivity contribution is 7.11. The third-order valence-corrected chi connectivity index (χ3v) is 5.69. The molecule has 2 aromatic heterocycles. The number of aromatic nitrogens is 2. The first kappa shape index (κ1) is 19.4. The molecule has 4 rings (SSSR count). The van der Waals surface area contributed by atoms with Crippen molar-refractivity contribution in [1.29, 1.82) is 0 Å². The second-order valence-corrected chi connectivity index (χ2v) is 7.61. The van der Waals surface area contributed by atoms with Gasteiger partial charge in [-0.1, -0.05) is 12.1 Å². The fourth-order valence-electron chi connectivity index (χ4n) is 3.28. The summed E-state index contributed by atoms with van der Waals surface area (Å²) in [4.78, 5) is 19.0. The zero-order valence-corrected chi connectivity index (χ0v) is 16.3. The number of halogens is 2. The van der Waals surface area contributed by atoms with Crippen molar-refractivity contribution >= 4 is 28.1 Å². The number of amides is 1. The normalized spacial score (nSPS) is 14.8. The minimum absolute atomic E-state index is 0.0573. The Morgan fingerprint density at radius 1 is 1.14 bits per heavy atom. The van der Waals surface area contributed by atoms with E-state index in [2.05, 4.69) is 19.6 Å². The third kappa shape index (κ3) is 4.10. The lowest BCUT2D eigenvalue weighted by atomic mass is 10.1. The number of nitrogens with two attached hydrogens (primary N) is 1. The maximum atomic E-state index is 14.1. The lowest BCUT2D eigenvalue weighted by Crippen LogP contribution is -2.39. The van der Waals surface area contributed by atoms with Gasteiger partial charge in [0.1, 0.15) is 22.3 Å². The number of benzene rings is 1. The highest BCUT2D eigenvalue weighted by atomic mass is 32.1. The van der Waals surface area contributed by atoms with Crippen LogP contribution in [0.1, 0.15) is 23.3 Å². The molecule has 3 aromatic rings. The molecule has 0 saturated carbocycles. The van der Waals surface area contributed by atoms with E-state index in [0.717, 1.165) is 43.1 Å². The van der Waals surface area contributed by atoms with Gasteiger partial charge in [-0.15, -0.1) is 0 Å². The molecule has 29 heavy (non-hydrogen) atoms. The molecular weight excluding hydrogens is 396 g/mol. The van der Waals surface area contributed by atoms with Crippen molar-refractivity contribution in [2.45, 2.75) is 18.9 Å². The molecule has 6 nitrogen and oxygen atoms in total. The molecule has 0 unspecified atom stereocenters. The predicted octanol–water partition coefficient (Wildman–Crippen LogP) is 3.66. The highest BCUT2D eigenvalue weighted by Gasteiger charge is 2.22. The molecule has 1 fully saturated rings. The summed E-state index contributed by atoms with van der Waals surface area (Å²) < 4.78 is 32.3. The van der Waals surface area contributed by atoms with E-state index in [1.54, 1.807) is 12.3 Å². The summed E-state index contributed by atoms with van der Waals surface area (Å²) >= 11 is 1.30. The van der Waals surface area contributed by atoms with Crippen LogP contribution in [0.3, 0.4) is 0 Å². The van der Waals surface area contributed by atoms with Crippen molar-refractivity contribution in [3.8, 4) is 11.3 Å². The molecule has 0 bridgehead atoms. The Morgan fingerprint density at radius 3 is 2.55 bits per heavy atom. The molecule has 1 aromatic carbocycles. The highest BCUT2D eigenvalue weighted by Crippen LogP contribution is 2.32. The number of pyridine rings is 1. The number of piperidine rings is 1. The quantitative estimate of drug-likeness (QED) is 0.679. The van der Waals surface area contributed by atoms with Gasteiger partial charge in [0, 0.05) is 19.1 Å². The largest absolute Gasteiger partial charge is 0.360 e. The molecule has 0 aliphatic carbocycles. The van der Waals surface area contributed by atoms with Crippen molar-refractivity contribution in [3.63, 3.8) is 0 Å². The number of rotatable bonds is 4. The van der Waals surface area contributed by atoms with Crippen LogP contribution in [0.15, 0.2) is 42.6 Å². The molecule has 0 radical (unpaired) electrons. The minimum atomic E-state index is -0.734. The molecule has 9 heteroatoms. The Bertz CT molecular complexity index is 1010. The van der Waals surface area contributed by atoms with Crippen LogP contribution in [-0.2, 0) is 0 Å². The van der Waals surface area contributed by atoms with Gasteiger partial charge in [-0.3, -0.25) is 4.79 Å². The maximum absolute atomic E-state index is 14.1.